The molecule has 25 heavy (non-hydrogen) atoms. The number of rotatable bonds is 7. The van der Waals surface area contributed by atoms with E-state index in [1.807, 2.05) is 29.2 Å². The number of carbonyl (C=O) groups excluding carboxylic acids is 1. The monoisotopic (exact) mass is 342 g/mol. The smallest absolute Gasteiger partial charge is 0.274 e. The minimum atomic E-state index is -0.0422. The lowest BCUT2D eigenvalue weighted by Crippen LogP contribution is -2.28. The van der Waals surface area contributed by atoms with E-state index in [0.717, 1.165) is 37.4 Å². The van der Waals surface area contributed by atoms with Crippen molar-refractivity contribution in [3.63, 3.8) is 0 Å². The Balaban J connectivity index is 1.43. The Morgan fingerprint density at radius 3 is 2.44 bits per heavy atom. The molecule has 2 aromatic rings. The van der Waals surface area contributed by atoms with E-state index in [1.54, 1.807) is 19.2 Å². The predicted molar refractivity (Wildman–Crippen MR) is 94.1 cm³/mol. The third-order valence-electron chi connectivity index (χ3n) is 4.01. The number of methoxy groups -OCH3 is 1. The highest BCUT2D eigenvalue weighted by Gasteiger charge is 2.20. The zero-order valence-electron chi connectivity index (χ0n) is 14.3. The van der Waals surface area contributed by atoms with Gasteiger partial charge in [0.05, 0.1) is 13.7 Å². The second kappa shape index (κ2) is 8.32. The standard InChI is InChI=1S/C18H22N4O3/c1-24-14-4-6-15(7-5-14)25-13-10-19-17-9-8-16(20-21-17)18(23)22-11-2-3-12-22/h4-9H,2-3,10-13H2,1H3,(H,19,21). The number of nitrogens with zero attached hydrogens (tertiary/aromatic N) is 3. The summed E-state index contributed by atoms with van der Waals surface area (Å²) < 4.78 is 10.7. The van der Waals surface area contributed by atoms with Gasteiger partial charge in [-0.15, -0.1) is 10.2 Å². The van der Waals surface area contributed by atoms with Crippen LogP contribution in [0.1, 0.15) is 23.3 Å². The van der Waals surface area contributed by atoms with E-state index in [2.05, 4.69) is 15.5 Å². The molecule has 0 radical (unpaired) electrons. The number of anilines is 1. The molecule has 0 aliphatic carbocycles. The van der Waals surface area contributed by atoms with E-state index >= 15 is 0 Å². The summed E-state index contributed by atoms with van der Waals surface area (Å²) >= 11 is 0. The van der Waals surface area contributed by atoms with Gasteiger partial charge in [0.25, 0.3) is 5.91 Å². The van der Waals surface area contributed by atoms with Gasteiger partial charge < -0.3 is 19.7 Å². The largest absolute Gasteiger partial charge is 0.497 e. The summed E-state index contributed by atoms with van der Waals surface area (Å²) in [7, 11) is 1.63. The number of amides is 1. The Morgan fingerprint density at radius 2 is 1.80 bits per heavy atom. The molecule has 132 valence electrons. The van der Waals surface area contributed by atoms with Crippen molar-refractivity contribution in [1.29, 1.82) is 0 Å². The van der Waals surface area contributed by atoms with Crippen LogP contribution >= 0.6 is 0 Å². The van der Waals surface area contributed by atoms with Crippen molar-refractivity contribution in [2.24, 2.45) is 0 Å². The van der Waals surface area contributed by atoms with Gasteiger partial charge in [-0.25, -0.2) is 0 Å². The first-order valence-corrected chi connectivity index (χ1v) is 8.40. The molecular weight excluding hydrogens is 320 g/mol. The summed E-state index contributed by atoms with van der Waals surface area (Å²) in [6.07, 6.45) is 2.13. The molecule has 7 heteroatoms. The average Bonchev–Trinajstić information content (AvgIpc) is 3.20. The number of carbonyl (C=O) groups is 1. The first-order chi connectivity index (χ1) is 12.3. The van der Waals surface area contributed by atoms with Crippen LogP contribution in [0.3, 0.4) is 0 Å². The lowest BCUT2D eigenvalue weighted by molar-refractivity contribution is 0.0786. The van der Waals surface area contributed by atoms with E-state index in [-0.39, 0.29) is 5.91 Å². The summed E-state index contributed by atoms with van der Waals surface area (Å²) in [6, 6.07) is 10.9. The molecule has 1 aliphatic heterocycles. The van der Waals surface area contributed by atoms with E-state index in [0.29, 0.717) is 24.7 Å². The predicted octanol–water partition coefficient (Wildman–Crippen LogP) is 2.21. The van der Waals surface area contributed by atoms with Crippen molar-refractivity contribution in [2.75, 3.05) is 38.7 Å². The van der Waals surface area contributed by atoms with Crippen LogP contribution < -0.4 is 14.8 Å². The molecule has 0 bridgehead atoms. The summed E-state index contributed by atoms with van der Waals surface area (Å²) in [5.41, 5.74) is 0.391. The zero-order chi connectivity index (χ0) is 17.5. The Bertz CT molecular complexity index is 682. The normalized spacial score (nSPS) is 13.6. The third kappa shape index (κ3) is 4.59. The fraction of sp³-hybridized carbons (Fsp3) is 0.389. The maximum atomic E-state index is 12.2. The Hall–Kier alpha value is -2.83. The molecule has 0 atom stereocenters. The highest BCUT2D eigenvalue weighted by atomic mass is 16.5. The molecule has 1 N–H and O–H groups in total. The molecule has 2 heterocycles. The van der Waals surface area contributed by atoms with Gasteiger partial charge in [0, 0.05) is 13.1 Å². The summed E-state index contributed by atoms with van der Waals surface area (Å²) in [5.74, 6) is 2.15. The van der Waals surface area contributed by atoms with Crippen molar-refractivity contribution in [3.05, 3.63) is 42.1 Å². The minimum absolute atomic E-state index is 0.0422. The van der Waals surface area contributed by atoms with Gasteiger partial charge in [0.15, 0.2) is 5.69 Å². The van der Waals surface area contributed by atoms with Crippen LogP contribution in [-0.4, -0.2) is 54.4 Å². The molecule has 3 rings (SSSR count). The molecule has 0 unspecified atom stereocenters. The van der Waals surface area contributed by atoms with Gasteiger partial charge in [-0.2, -0.15) is 0 Å². The van der Waals surface area contributed by atoms with Crippen LogP contribution in [0.15, 0.2) is 36.4 Å². The Kier molecular flexibility index (Phi) is 5.66. The summed E-state index contributed by atoms with van der Waals surface area (Å²) in [5, 5.41) is 11.2. The van der Waals surface area contributed by atoms with Gasteiger partial charge in [-0.05, 0) is 49.2 Å². The minimum Gasteiger partial charge on any atom is -0.497 e. The van der Waals surface area contributed by atoms with E-state index < -0.39 is 0 Å². The number of hydrogen-bond donors (Lipinski definition) is 1. The van der Waals surface area contributed by atoms with Crippen LogP contribution in [0.2, 0.25) is 0 Å². The topological polar surface area (TPSA) is 76.6 Å². The van der Waals surface area contributed by atoms with Crippen molar-refractivity contribution in [1.82, 2.24) is 15.1 Å². The van der Waals surface area contributed by atoms with E-state index in [9.17, 15) is 4.79 Å². The molecule has 7 nitrogen and oxygen atoms in total. The second-order valence-corrected chi connectivity index (χ2v) is 5.75. The van der Waals surface area contributed by atoms with E-state index in [1.165, 1.54) is 0 Å². The SMILES string of the molecule is COc1ccc(OCCNc2ccc(C(=O)N3CCCC3)nn2)cc1. The summed E-state index contributed by atoms with van der Waals surface area (Å²) in [6.45, 7) is 2.69. The highest BCUT2D eigenvalue weighted by Crippen LogP contribution is 2.17. The van der Waals surface area contributed by atoms with Crippen LogP contribution in [0, 0.1) is 0 Å². The number of hydrogen-bond acceptors (Lipinski definition) is 6. The number of nitrogens with one attached hydrogen (secondary N) is 1. The first kappa shape index (κ1) is 17.0. The van der Waals surface area contributed by atoms with Gasteiger partial charge in [0.1, 0.15) is 23.9 Å². The van der Waals surface area contributed by atoms with Gasteiger partial charge >= 0.3 is 0 Å². The average molecular weight is 342 g/mol. The van der Waals surface area contributed by atoms with Crippen molar-refractivity contribution < 1.29 is 14.3 Å². The maximum Gasteiger partial charge on any atom is 0.274 e. The second-order valence-electron chi connectivity index (χ2n) is 5.75. The molecule has 1 aromatic carbocycles. The number of likely N-dealkylation sites (tertiary alicyclic amines) is 1. The summed E-state index contributed by atoms with van der Waals surface area (Å²) in [4.78, 5) is 14.0. The first-order valence-electron chi connectivity index (χ1n) is 8.40. The fourth-order valence-electron chi connectivity index (χ4n) is 2.64. The number of aromatic nitrogens is 2. The van der Waals surface area contributed by atoms with Crippen molar-refractivity contribution in [2.45, 2.75) is 12.8 Å². The van der Waals surface area contributed by atoms with Crippen molar-refractivity contribution >= 4 is 11.7 Å². The highest BCUT2D eigenvalue weighted by molar-refractivity contribution is 5.92. The van der Waals surface area contributed by atoms with Gasteiger partial charge in [-0.1, -0.05) is 0 Å². The molecule has 0 saturated carbocycles. The third-order valence-corrected chi connectivity index (χ3v) is 4.01. The van der Waals surface area contributed by atoms with Gasteiger partial charge in [-0.3, -0.25) is 4.79 Å². The molecule has 1 saturated heterocycles. The maximum absolute atomic E-state index is 12.2. The quantitative estimate of drug-likeness (QED) is 0.778. The fourth-order valence-corrected chi connectivity index (χ4v) is 2.64. The number of ether oxygens (including phenoxy) is 2. The van der Waals surface area contributed by atoms with Crippen LogP contribution in [-0.2, 0) is 0 Å². The van der Waals surface area contributed by atoms with Crippen molar-refractivity contribution in [3.8, 4) is 11.5 Å². The molecule has 1 aromatic heterocycles. The van der Waals surface area contributed by atoms with Crippen LogP contribution in [0.25, 0.3) is 0 Å². The van der Waals surface area contributed by atoms with Crippen LogP contribution in [0.4, 0.5) is 5.82 Å². The molecule has 0 spiro atoms. The number of benzene rings is 1. The lowest BCUT2D eigenvalue weighted by Gasteiger charge is -2.14. The molecule has 1 fully saturated rings. The van der Waals surface area contributed by atoms with E-state index in [4.69, 9.17) is 9.47 Å². The molecule has 1 aliphatic rings. The molecule has 1 amide bonds. The Morgan fingerprint density at radius 1 is 1.08 bits per heavy atom. The Labute approximate surface area is 147 Å². The van der Waals surface area contributed by atoms with Gasteiger partial charge in [0.2, 0.25) is 0 Å². The zero-order valence-corrected chi connectivity index (χ0v) is 14.3. The lowest BCUT2D eigenvalue weighted by atomic mass is 10.3. The molecular formula is C18H22N4O3. The van der Waals surface area contributed by atoms with Crippen LogP contribution in [0.5, 0.6) is 11.5 Å².